The van der Waals surface area contributed by atoms with E-state index in [0.29, 0.717) is 5.88 Å². The molecule has 4 rings (SSSR count). The molecule has 4 heteroatoms. The number of pyridine rings is 1. The summed E-state index contributed by atoms with van der Waals surface area (Å²) in [4.78, 5) is 9.13. The first-order chi connectivity index (χ1) is 13.2. The zero-order chi connectivity index (χ0) is 18.8. The van der Waals surface area contributed by atoms with Gasteiger partial charge in [0.15, 0.2) is 0 Å². The molecule has 1 unspecified atom stereocenters. The topological polar surface area (TPSA) is 39.9 Å². The van der Waals surface area contributed by atoms with Gasteiger partial charge in [0, 0.05) is 17.8 Å². The molecule has 2 aromatic carbocycles. The fourth-order valence-electron chi connectivity index (χ4n) is 3.70. The zero-order valence-electron chi connectivity index (χ0n) is 15.9. The van der Waals surface area contributed by atoms with Crippen molar-refractivity contribution in [2.45, 2.75) is 26.3 Å². The lowest BCUT2D eigenvalue weighted by molar-refractivity contribution is 0.398. The number of imidazole rings is 1. The number of hydrogen-bond acceptors (Lipinski definition) is 3. The number of methoxy groups -OCH3 is 1. The van der Waals surface area contributed by atoms with Crippen LogP contribution in [-0.2, 0) is 0 Å². The van der Waals surface area contributed by atoms with Gasteiger partial charge in [-0.05, 0) is 42.7 Å². The van der Waals surface area contributed by atoms with Crippen molar-refractivity contribution in [3.63, 3.8) is 0 Å². The van der Waals surface area contributed by atoms with Crippen molar-refractivity contribution in [1.29, 1.82) is 0 Å². The second-order valence-corrected chi connectivity index (χ2v) is 6.66. The summed E-state index contributed by atoms with van der Waals surface area (Å²) >= 11 is 0. The Morgan fingerprint density at radius 3 is 2.44 bits per heavy atom. The predicted molar refractivity (Wildman–Crippen MR) is 109 cm³/mol. The zero-order valence-corrected chi connectivity index (χ0v) is 15.9. The lowest BCUT2D eigenvalue weighted by atomic mass is 10.0. The van der Waals surface area contributed by atoms with Gasteiger partial charge >= 0.3 is 0 Å². The van der Waals surface area contributed by atoms with Crippen LogP contribution in [0, 0.1) is 6.92 Å². The molecule has 27 heavy (non-hydrogen) atoms. The van der Waals surface area contributed by atoms with Crippen molar-refractivity contribution in [1.82, 2.24) is 14.5 Å². The monoisotopic (exact) mass is 357 g/mol. The second kappa shape index (κ2) is 7.23. The number of benzene rings is 2. The van der Waals surface area contributed by atoms with Crippen LogP contribution in [-0.4, -0.2) is 21.6 Å². The maximum absolute atomic E-state index is 5.17. The normalized spacial score (nSPS) is 12.3. The third-order valence-electron chi connectivity index (χ3n) is 5.03. The molecule has 0 aliphatic carbocycles. The Labute approximate surface area is 159 Å². The summed E-state index contributed by atoms with van der Waals surface area (Å²) in [6.07, 6.45) is 2.85. The van der Waals surface area contributed by atoms with Crippen LogP contribution in [0.4, 0.5) is 0 Å². The predicted octanol–water partition coefficient (Wildman–Crippen LogP) is 5.41. The number of aromatic nitrogens is 3. The molecule has 0 fully saturated rings. The van der Waals surface area contributed by atoms with Crippen molar-refractivity contribution in [3.05, 3.63) is 78.2 Å². The van der Waals surface area contributed by atoms with Crippen LogP contribution >= 0.6 is 0 Å². The average molecular weight is 357 g/mol. The largest absolute Gasteiger partial charge is 0.481 e. The minimum atomic E-state index is 0.264. The summed E-state index contributed by atoms with van der Waals surface area (Å²) in [5.41, 5.74) is 5.67. The van der Waals surface area contributed by atoms with Crippen LogP contribution in [0.5, 0.6) is 5.88 Å². The van der Waals surface area contributed by atoms with Crippen molar-refractivity contribution in [2.75, 3.05) is 7.11 Å². The van der Waals surface area contributed by atoms with Crippen molar-refractivity contribution >= 4 is 11.0 Å². The summed E-state index contributed by atoms with van der Waals surface area (Å²) in [6.45, 7) is 4.31. The number of aryl methyl sites for hydroxylation is 1. The van der Waals surface area contributed by atoms with E-state index in [1.807, 2.05) is 18.3 Å². The third-order valence-corrected chi connectivity index (χ3v) is 5.03. The van der Waals surface area contributed by atoms with E-state index in [4.69, 9.17) is 9.72 Å². The van der Waals surface area contributed by atoms with Gasteiger partial charge in [0.1, 0.15) is 5.82 Å². The summed E-state index contributed by atoms with van der Waals surface area (Å²) in [6, 6.07) is 21.2. The number of fused-ring (bicyclic) bond motifs is 1. The first-order valence-corrected chi connectivity index (χ1v) is 9.25. The van der Waals surface area contributed by atoms with Gasteiger partial charge in [0.05, 0.1) is 24.2 Å². The molecule has 0 N–H and O–H groups in total. The quantitative estimate of drug-likeness (QED) is 0.479. The number of ether oxygens (including phenoxy) is 1. The molecule has 0 saturated carbocycles. The molecule has 0 spiro atoms. The highest BCUT2D eigenvalue weighted by molar-refractivity contribution is 5.83. The second-order valence-electron chi connectivity index (χ2n) is 6.66. The van der Waals surface area contributed by atoms with Crippen LogP contribution in [0.15, 0.2) is 66.9 Å². The Hall–Kier alpha value is -3.14. The van der Waals surface area contributed by atoms with Gasteiger partial charge in [-0.2, -0.15) is 0 Å². The van der Waals surface area contributed by atoms with Crippen LogP contribution in [0.25, 0.3) is 22.2 Å². The molecule has 4 aromatic rings. The van der Waals surface area contributed by atoms with Gasteiger partial charge in [-0.15, -0.1) is 0 Å². The van der Waals surface area contributed by atoms with E-state index in [0.717, 1.165) is 34.4 Å². The van der Waals surface area contributed by atoms with E-state index in [-0.39, 0.29) is 6.04 Å². The van der Waals surface area contributed by atoms with Gasteiger partial charge < -0.3 is 9.30 Å². The molecule has 136 valence electrons. The molecule has 0 amide bonds. The maximum atomic E-state index is 5.17. The van der Waals surface area contributed by atoms with E-state index in [1.54, 1.807) is 7.11 Å². The Balaban J connectivity index is 1.84. The molecule has 0 aliphatic heterocycles. The van der Waals surface area contributed by atoms with Crippen molar-refractivity contribution < 1.29 is 4.74 Å². The van der Waals surface area contributed by atoms with E-state index >= 15 is 0 Å². The fourth-order valence-corrected chi connectivity index (χ4v) is 3.70. The molecule has 2 heterocycles. The molecule has 0 aliphatic rings. The lowest BCUT2D eigenvalue weighted by Gasteiger charge is -2.20. The van der Waals surface area contributed by atoms with Gasteiger partial charge in [-0.25, -0.2) is 9.97 Å². The van der Waals surface area contributed by atoms with Crippen LogP contribution < -0.4 is 4.74 Å². The number of rotatable bonds is 5. The van der Waals surface area contributed by atoms with Crippen molar-refractivity contribution in [3.8, 4) is 17.0 Å². The SMILES string of the molecule is CCC(c1ccccc1)n1c(C)nc2ccc(-c3ccc(OC)nc3)cc21. The molecule has 2 aromatic heterocycles. The standard InChI is InChI=1S/C23H23N3O/c1-4-21(17-8-6-5-7-9-17)26-16(2)25-20-12-10-18(14-22(20)26)19-11-13-23(27-3)24-15-19/h5-15,21H,4H2,1-3H3. The smallest absolute Gasteiger partial charge is 0.212 e. The van der Waals surface area contributed by atoms with E-state index in [1.165, 1.54) is 5.56 Å². The highest BCUT2D eigenvalue weighted by Crippen LogP contribution is 2.31. The van der Waals surface area contributed by atoms with Gasteiger partial charge in [-0.3, -0.25) is 0 Å². The highest BCUT2D eigenvalue weighted by atomic mass is 16.5. The van der Waals surface area contributed by atoms with Gasteiger partial charge in [0.25, 0.3) is 0 Å². The lowest BCUT2D eigenvalue weighted by Crippen LogP contribution is -2.11. The van der Waals surface area contributed by atoms with Crippen LogP contribution in [0.1, 0.15) is 30.8 Å². The van der Waals surface area contributed by atoms with Crippen LogP contribution in [0.2, 0.25) is 0 Å². The summed E-state index contributed by atoms with van der Waals surface area (Å²) in [5, 5.41) is 0. The molecule has 4 nitrogen and oxygen atoms in total. The number of hydrogen-bond donors (Lipinski definition) is 0. The van der Waals surface area contributed by atoms with E-state index in [2.05, 4.69) is 71.9 Å². The Morgan fingerprint density at radius 1 is 1.00 bits per heavy atom. The fraction of sp³-hybridized carbons (Fsp3) is 0.217. The third kappa shape index (κ3) is 3.19. The molecular formula is C23H23N3O. The minimum Gasteiger partial charge on any atom is -0.481 e. The summed E-state index contributed by atoms with van der Waals surface area (Å²) < 4.78 is 7.52. The first kappa shape index (κ1) is 17.3. The summed E-state index contributed by atoms with van der Waals surface area (Å²) in [5.74, 6) is 1.65. The Kier molecular flexibility index (Phi) is 4.63. The first-order valence-electron chi connectivity index (χ1n) is 9.25. The minimum absolute atomic E-state index is 0.264. The summed E-state index contributed by atoms with van der Waals surface area (Å²) in [7, 11) is 1.63. The average Bonchev–Trinajstić information content (AvgIpc) is 3.05. The molecule has 0 bridgehead atoms. The molecular weight excluding hydrogens is 334 g/mol. The van der Waals surface area contributed by atoms with Gasteiger partial charge in [0.2, 0.25) is 5.88 Å². The molecule has 1 atom stereocenters. The Morgan fingerprint density at radius 2 is 1.78 bits per heavy atom. The van der Waals surface area contributed by atoms with E-state index in [9.17, 15) is 0 Å². The Bertz CT molecular complexity index is 1050. The van der Waals surface area contributed by atoms with E-state index < -0.39 is 0 Å². The molecule has 0 radical (unpaired) electrons. The maximum Gasteiger partial charge on any atom is 0.212 e. The molecule has 0 saturated heterocycles. The number of nitrogens with zero attached hydrogens (tertiary/aromatic N) is 3. The van der Waals surface area contributed by atoms with Crippen LogP contribution in [0.3, 0.4) is 0 Å². The van der Waals surface area contributed by atoms with Gasteiger partial charge in [-0.1, -0.05) is 43.3 Å². The van der Waals surface area contributed by atoms with Crippen molar-refractivity contribution in [2.24, 2.45) is 0 Å². The highest BCUT2D eigenvalue weighted by Gasteiger charge is 2.18.